The molecule has 0 atom stereocenters. The molecule has 110 valence electrons. The Morgan fingerprint density at radius 3 is 3.05 bits per heavy atom. The van der Waals surface area contributed by atoms with Crippen molar-refractivity contribution >= 4 is 34.8 Å². The molecule has 1 aliphatic carbocycles. The predicted molar refractivity (Wildman–Crippen MR) is 89.7 cm³/mol. The fraction of sp³-hybridized carbons (Fsp3) is 0.375. The number of carbonyl (C=O) groups excluding carboxylic acids is 1. The second kappa shape index (κ2) is 6.54. The van der Waals surface area contributed by atoms with E-state index in [9.17, 15) is 4.79 Å². The molecule has 0 saturated carbocycles. The van der Waals surface area contributed by atoms with Gasteiger partial charge in [-0.2, -0.15) is 5.10 Å². The third-order valence-electron chi connectivity index (χ3n) is 3.69. The van der Waals surface area contributed by atoms with E-state index in [1.807, 2.05) is 11.4 Å². The number of hydrogen-bond donors (Lipinski definition) is 1. The molecule has 21 heavy (non-hydrogen) atoms. The summed E-state index contributed by atoms with van der Waals surface area (Å²) in [7, 11) is 0. The second-order valence-corrected chi connectivity index (χ2v) is 7.28. The van der Waals surface area contributed by atoms with Crippen molar-refractivity contribution in [3.63, 3.8) is 0 Å². The Balaban J connectivity index is 1.65. The molecule has 5 heteroatoms. The second-order valence-electron chi connectivity index (χ2n) is 5.11. The first kappa shape index (κ1) is 14.5. The van der Waals surface area contributed by atoms with Crippen LogP contribution in [0, 0.1) is 0 Å². The van der Waals surface area contributed by atoms with Gasteiger partial charge in [0.15, 0.2) is 0 Å². The fourth-order valence-electron chi connectivity index (χ4n) is 2.55. The maximum atomic E-state index is 12.2. The van der Waals surface area contributed by atoms with Crippen LogP contribution in [0.25, 0.3) is 0 Å². The summed E-state index contributed by atoms with van der Waals surface area (Å²) in [5, 5.41) is 6.06. The van der Waals surface area contributed by atoms with Crippen molar-refractivity contribution in [1.29, 1.82) is 0 Å². The highest BCUT2D eigenvalue weighted by Crippen LogP contribution is 2.30. The lowest BCUT2D eigenvalue weighted by atomic mass is 9.96. The lowest BCUT2D eigenvalue weighted by Gasteiger charge is -2.11. The number of rotatable bonds is 4. The maximum absolute atomic E-state index is 12.2. The van der Waals surface area contributed by atoms with Gasteiger partial charge in [-0.05, 0) is 49.8 Å². The average molecular weight is 318 g/mol. The van der Waals surface area contributed by atoms with E-state index in [1.54, 1.807) is 28.9 Å². The Labute approximate surface area is 132 Å². The number of nitrogens with one attached hydrogen (secondary N) is 1. The van der Waals surface area contributed by atoms with E-state index in [1.165, 1.54) is 28.2 Å². The monoisotopic (exact) mass is 318 g/mol. The minimum absolute atomic E-state index is 0.0853. The van der Waals surface area contributed by atoms with E-state index in [2.05, 4.69) is 23.5 Å². The summed E-state index contributed by atoms with van der Waals surface area (Å²) in [6.07, 6.45) is 7.32. The van der Waals surface area contributed by atoms with Crippen molar-refractivity contribution in [2.75, 3.05) is 0 Å². The van der Waals surface area contributed by atoms with Gasteiger partial charge in [-0.25, -0.2) is 5.43 Å². The molecule has 3 nitrogen and oxygen atoms in total. The molecule has 0 spiro atoms. The van der Waals surface area contributed by atoms with E-state index in [4.69, 9.17) is 0 Å². The number of fused-ring (bicyclic) bond motifs is 1. The van der Waals surface area contributed by atoms with Crippen molar-refractivity contribution in [3.05, 3.63) is 43.3 Å². The maximum Gasteiger partial charge on any atom is 0.272 e. The summed E-state index contributed by atoms with van der Waals surface area (Å²) in [5.41, 5.74) is 4.71. The van der Waals surface area contributed by atoms with Gasteiger partial charge in [-0.1, -0.05) is 6.92 Å². The average Bonchev–Trinajstić information content (AvgIpc) is 3.13. The fourth-order valence-corrected chi connectivity index (χ4v) is 4.50. The van der Waals surface area contributed by atoms with Crippen LogP contribution in [-0.4, -0.2) is 12.1 Å². The molecule has 0 unspecified atom stereocenters. The molecule has 0 radical (unpaired) electrons. The highest BCUT2D eigenvalue weighted by Gasteiger charge is 2.19. The normalized spacial score (nSPS) is 14.3. The molecule has 0 fully saturated rings. The van der Waals surface area contributed by atoms with Crippen molar-refractivity contribution in [3.8, 4) is 0 Å². The number of hydrogen-bond acceptors (Lipinski definition) is 4. The molecule has 2 heterocycles. The zero-order valence-electron chi connectivity index (χ0n) is 12.0. The first-order valence-corrected chi connectivity index (χ1v) is 8.99. The van der Waals surface area contributed by atoms with E-state index < -0.39 is 0 Å². The van der Waals surface area contributed by atoms with Gasteiger partial charge < -0.3 is 0 Å². The van der Waals surface area contributed by atoms with Crippen molar-refractivity contribution < 1.29 is 4.79 Å². The first-order chi connectivity index (χ1) is 10.3. The summed E-state index contributed by atoms with van der Waals surface area (Å²) in [4.78, 5) is 16.0. The molecule has 0 aliphatic heterocycles. The summed E-state index contributed by atoms with van der Waals surface area (Å²) in [5.74, 6) is -0.0853. The standard InChI is InChI=1S/C16H18N2OS2/c1-2-11-7-8-12(21-11)9-17-18-16(19)14-10-20-15-6-4-3-5-13(14)15/h7-10H,2-6H2,1H3,(H,18,19). The summed E-state index contributed by atoms with van der Waals surface area (Å²) < 4.78 is 0. The van der Waals surface area contributed by atoms with Crippen LogP contribution in [-0.2, 0) is 19.3 Å². The van der Waals surface area contributed by atoms with Crippen LogP contribution in [0.15, 0.2) is 22.6 Å². The van der Waals surface area contributed by atoms with Crippen LogP contribution >= 0.6 is 22.7 Å². The van der Waals surface area contributed by atoms with E-state index >= 15 is 0 Å². The quantitative estimate of drug-likeness (QED) is 0.671. The van der Waals surface area contributed by atoms with Gasteiger partial charge in [-0.15, -0.1) is 22.7 Å². The van der Waals surface area contributed by atoms with Crippen molar-refractivity contribution in [2.45, 2.75) is 39.0 Å². The zero-order chi connectivity index (χ0) is 14.7. The van der Waals surface area contributed by atoms with Crippen LogP contribution in [0.1, 0.15) is 50.3 Å². The molecular formula is C16H18N2OS2. The SMILES string of the molecule is CCc1ccc(C=NNC(=O)c2csc3c2CCCC3)s1. The van der Waals surface area contributed by atoms with E-state index in [0.717, 1.165) is 29.7 Å². The van der Waals surface area contributed by atoms with E-state index in [-0.39, 0.29) is 5.91 Å². The number of carbonyl (C=O) groups is 1. The van der Waals surface area contributed by atoms with Crippen LogP contribution in [0.5, 0.6) is 0 Å². The highest BCUT2D eigenvalue weighted by atomic mass is 32.1. The third kappa shape index (κ3) is 3.24. The molecular weight excluding hydrogens is 300 g/mol. The smallest absolute Gasteiger partial charge is 0.267 e. The minimum atomic E-state index is -0.0853. The first-order valence-electron chi connectivity index (χ1n) is 7.29. The number of nitrogens with zero attached hydrogens (tertiary/aromatic N) is 1. The third-order valence-corrected chi connectivity index (χ3v) is 5.95. The van der Waals surface area contributed by atoms with Gasteiger partial charge >= 0.3 is 0 Å². The van der Waals surface area contributed by atoms with Gasteiger partial charge in [0.1, 0.15) is 0 Å². The number of hydrazone groups is 1. The van der Waals surface area contributed by atoms with Crippen LogP contribution in [0.2, 0.25) is 0 Å². The van der Waals surface area contributed by atoms with Crippen LogP contribution in [0.4, 0.5) is 0 Å². The van der Waals surface area contributed by atoms with Crippen LogP contribution < -0.4 is 5.43 Å². The van der Waals surface area contributed by atoms with E-state index in [0.29, 0.717) is 0 Å². The Morgan fingerprint density at radius 2 is 2.24 bits per heavy atom. The van der Waals surface area contributed by atoms with Gasteiger partial charge in [-0.3, -0.25) is 4.79 Å². The summed E-state index contributed by atoms with van der Waals surface area (Å²) >= 11 is 3.41. The van der Waals surface area contributed by atoms with Crippen molar-refractivity contribution in [2.24, 2.45) is 5.10 Å². The molecule has 0 saturated heterocycles. The Kier molecular flexibility index (Phi) is 4.51. The van der Waals surface area contributed by atoms with Gasteiger partial charge in [0.05, 0.1) is 11.8 Å². The Morgan fingerprint density at radius 1 is 1.38 bits per heavy atom. The van der Waals surface area contributed by atoms with Crippen molar-refractivity contribution in [1.82, 2.24) is 5.43 Å². The zero-order valence-corrected chi connectivity index (χ0v) is 13.6. The topological polar surface area (TPSA) is 41.5 Å². The Bertz CT molecular complexity index is 670. The number of aryl methyl sites for hydroxylation is 2. The summed E-state index contributed by atoms with van der Waals surface area (Å²) in [6, 6.07) is 4.13. The highest BCUT2D eigenvalue weighted by molar-refractivity contribution is 7.13. The van der Waals surface area contributed by atoms with Crippen LogP contribution in [0.3, 0.4) is 0 Å². The lowest BCUT2D eigenvalue weighted by molar-refractivity contribution is 0.0954. The molecule has 1 amide bonds. The number of thiophene rings is 2. The number of amides is 1. The van der Waals surface area contributed by atoms with Gasteiger partial charge in [0.25, 0.3) is 5.91 Å². The van der Waals surface area contributed by atoms with Gasteiger partial charge in [0.2, 0.25) is 0 Å². The molecule has 0 bridgehead atoms. The largest absolute Gasteiger partial charge is 0.272 e. The summed E-state index contributed by atoms with van der Waals surface area (Å²) in [6.45, 7) is 2.13. The molecule has 1 N–H and O–H groups in total. The predicted octanol–water partition coefficient (Wildman–Crippen LogP) is 4.01. The lowest BCUT2D eigenvalue weighted by Crippen LogP contribution is -2.19. The molecule has 2 aromatic heterocycles. The molecule has 0 aromatic carbocycles. The Hall–Kier alpha value is -1.46. The molecule has 2 aromatic rings. The molecule has 1 aliphatic rings. The minimum Gasteiger partial charge on any atom is -0.267 e. The molecule has 3 rings (SSSR count). The van der Waals surface area contributed by atoms with Gasteiger partial charge in [0, 0.05) is 20.0 Å².